The number of aliphatic hydroxyl groups is 1. The molecule has 0 radical (unpaired) electrons. The summed E-state index contributed by atoms with van der Waals surface area (Å²) in [7, 11) is 3.98. The molecule has 0 aliphatic heterocycles. The third-order valence-corrected chi connectivity index (χ3v) is 2.05. The molecule has 1 aromatic heterocycles. The highest BCUT2D eigenvalue weighted by Crippen LogP contribution is 2.00. The van der Waals surface area contributed by atoms with E-state index >= 15 is 0 Å². The Balaban J connectivity index is 2.36. The molecule has 0 saturated heterocycles. The summed E-state index contributed by atoms with van der Waals surface area (Å²) in [6.45, 7) is 2.06. The van der Waals surface area contributed by atoms with Crippen molar-refractivity contribution in [2.45, 2.75) is 13.0 Å². The fourth-order valence-corrected chi connectivity index (χ4v) is 1.25. The van der Waals surface area contributed by atoms with Crippen molar-refractivity contribution in [1.29, 1.82) is 0 Å². The molecule has 4 nitrogen and oxygen atoms in total. The quantitative estimate of drug-likeness (QED) is 0.710. The minimum absolute atomic E-state index is 0.260. The van der Waals surface area contributed by atoms with Crippen LogP contribution in [0, 0.1) is 0 Å². The van der Waals surface area contributed by atoms with Gasteiger partial charge in [-0.25, -0.2) is 0 Å². The summed E-state index contributed by atoms with van der Waals surface area (Å²) in [4.78, 5) is 2.17. The minimum atomic E-state index is 0.260. The average Bonchev–Trinajstić information content (AvgIpc) is 2.48. The number of aryl methyl sites for hydroxylation is 1. The molecular weight excluding hydrogens is 166 g/mol. The second-order valence-electron chi connectivity index (χ2n) is 3.26. The maximum Gasteiger partial charge on any atom is 0.0520 e. The van der Waals surface area contributed by atoms with Gasteiger partial charge < -0.3 is 10.0 Å². The molecule has 1 N–H and O–H groups in total. The van der Waals surface area contributed by atoms with Gasteiger partial charge in [0.25, 0.3) is 0 Å². The summed E-state index contributed by atoms with van der Waals surface area (Å²) in [6.07, 6.45) is 2.63. The van der Waals surface area contributed by atoms with Crippen LogP contribution in [-0.4, -0.2) is 40.0 Å². The zero-order valence-electron chi connectivity index (χ0n) is 8.27. The van der Waals surface area contributed by atoms with E-state index in [1.807, 2.05) is 24.8 Å². The van der Waals surface area contributed by atoms with Crippen molar-refractivity contribution in [2.24, 2.45) is 7.05 Å². The first-order valence-electron chi connectivity index (χ1n) is 4.50. The molecule has 0 saturated carbocycles. The van der Waals surface area contributed by atoms with Gasteiger partial charge in [0, 0.05) is 32.9 Å². The van der Waals surface area contributed by atoms with Crippen LogP contribution in [0.25, 0.3) is 0 Å². The van der Waals surface area contributed by atoms with E-state index < -0.39 is 0 Å². The van der Waals surface area contributed by atoms with Gasteiger partial charge in [-0.3, -0.25) is 4.68 Å². The lowest BCUT2D eigenvalue weighted by Crippen LogP contribution is -2.21. The molecule has 1 rings (SSSR count). The standard InChI is InChI=1S/C9H17N3O/c1-11(6-3-7-13)8-9-4-5-10-12(9)2/h4-5,13H,3,6-8H2,1-2H3. The van der Waals surface area contributed by atoms with E-state index in [1.54, 1.807) is 6.20 Å². The molecule has 1 aromatic rings. The predicted molar refractivity (Wildman–Crippen MR) is 51.2 cm³/mol. The first kappa shape index (κ1) is 10.2. The van der Waals surface area contributed by atoms with Gasteiger partial charge in [0.15, 0.2) is 0 Å². The van der Waals surface area contributed by atoms with Crippen LogP contribution in [0.4, 0.5) is 0 Å². The van der Waals surface area contributed by atoms with Gasteiger partial charge >= 0.3 is 0 Å². The lowest BCUT2D eigenvalue weighted by Gasteiger charge is -2.15. The first-order chi connectivity index (χ1) is 6.24. The third kappa shape index (κ3) is 3.16. The number of aromatic nitrogens is 2. The minimum Gasteiger partial charge on any atom is -0.396 e. The van der Waals surface area contributed by atoms with Crippen LogP contribution < -0.4 is 0 Å². The van der Waals surface area contributed by atoms with Crippen LogP contribution in [0.2, 0.25) is 0 Å². The maximum atomic E-state index is 8.65. The molecule has 13 heavy (non-hydrogen) atoms. The Hall–Kier alpha value is -0.870. The van der Waals surface area contributed by atoms with Crippen molar-refractivity contribution < 1.29 is 5.11 Å². The highest BCUT2D eigenvalue weighted by molar-refractivity contribution is 4.99. The highest BCUT2D eigenvalue weighted by atomic mass is 16.3. The summed E-state index contributed by atoms with van der Waals surface area (Å²) >= 11 is 0. The topological polar surface area (TPSA) is 41.3 Å². The van der Waals surface area contributed by atoms with Crippen LogP contribution in [0.1, 0.15) is 12.1 Å². The Morgan fingerprint density at radius 3 is 2.92 bits per heavy atom. The molecule has 0 spiro atoms. The van der Waals surface area contributed by atoms with Crippen LogP contribution in [0.3, 0.4) is 0 Å². The van der Waals surface area contributed by atoms with E-state index in [2.05, 4.69) is 10.00 Å². The van der Waals surface area contributed by atoms with Crippen molar-refractivity contribution in [3.05, 3.63) is 18.0 Å². The lowest BCUT2D eigenvalue weighted by molar-refractivity contribution is 0.241. The SMILES string of the molecule is CN(CCCO)Cc1ccnn1C. The van der Waals surface area contributed by atoms with Gasteiger partial charge in [-0.15, -0.1) is 0 Å². The Morgan fingerprint density at radius 2 is 2.38 bits per heavy atom. The molecular formula is C9H17N3O. The van der Waals surface area contributed by atoms with Crippen molar-refractivity contribution in [2.75, 3.05) is 20.2 Å². The van der Waals surface area contributed by atoms with Gasteiger partial charge in [-0.05, 0) is 19.5 Å². The molecule has 0 fully saturated rings. The molecule has 4 heteroatoms. The Kier molecular flexibility index (Phi) is 3.92. The number of nitrogens with zero attached hydrogens (tertiary/aromatic N) is 3. The van der Waals surface area contributed by atoms with Crippen molar-refractivity contribution in [3.8, 4) is 0 Å². The molecule has 1 heterocycles. The summed E-state index contributed by atoms with van der Waals surface area (Å²) in [6, 6.07) is 2.01. The number of aliphatic hydroxyl groups excluding tert-OH is 1. The Bertz CT molecular complexity index is 247. The van der Waals surface area contributed by atoms with Crippen LogP contribution in [0.5, 0.6) is 0 Å². The van der Waals surface area contributed by atoms with Gasteiger partial charge in [-0.2, -0.15) is 5.10 Å². The van der Waals surface area contributed by atoms with Gasteiger partial charge in [0.1, 0.15) is 0 Å². The molecule has 0 unspecified atom stereocenters. The van der Waals surface area contributed by atoms with E-state index in [1.165, 1.54) is 5.69 Å². The van der Waals surface area contributed by atoms with Crippen molar-refractivity contribution in [3.63, 3.8) is 0 Å². The summed E-state index contributed by atoms with van der Waals surface area (Å²) in [5.74, 6) is 0. The zero-order valence-corrected chi connectivity index (χ0v) is 8.27. The predicted octanol–water partition coefficient (Wildman–Crippen LogP) is 0.234. The van der Waals surface area contributed by atoms with Gasteiger partial charge in [0.05, 0.1) is 5.69 Å². The van der Waals surface area contributed by atoms with Gasteiger partial charge in [0.2, 0.25) is 0 Å². The van der Waals surface area contributed by atoms with E-state index in [0.717, 1.165) is 19.5 Å². The number of rotatable bonds is 5. The van der Waals surface area contributed by atoms with E-state index in [0.29, 0.717) is 0 Å². The lowest BCUT2D eigenvalue weighted by atomic mass is 10.3. The molecule has 0 bridgehead atoms. The zero-order chi connectivity index (χ0) is 9.68. The van der Waals surface area contributed by atoms with Gasteiger partial charge in [-0.1, -0.05) is 0 Å². The maximum absolute atomic E-state index is 8.65. The smallest absolute Gasteiger partial charge is 0.0520 e. The second kappa shape index (κ2) is 4.99. The largest absolute Gasteiger partial charge is 0.396 e. The van der Waals surface area contributed by atoms with Crippen LogP contribution in [-0.2, 0) is 13.6 Å². The molecule has 0 aliphatic carbocycles. The summed E-state index contributed by atoms with van der Waals surface area (Å²) in [5.41, 5.74) is 1.19. The fourth-order valence-electron chi connectivity index (χ4n) is 1.25. The van der Waals surface area contributed by atoms with Crippen LogP contribution >= 0.6 is 0 Å². The fraction of sp³-hybridized carbons (Fsp3) is 0.667. The molecule has 0 aromatic carbocycles. The number of hydrogen-bond acceptors (Lipinski definition) is 3. The van der Waals surface area contributed by atoms with E-state index in [9.17, 15) is 0 Å². The Morgan fingerprint density at radius 1 is 1.62 bits per heavy atom. The van der Waals surface area contributed by atoms with E-state index in [4.69, 9.17) is 5.11 Å². The third-order valence-electron chi connectivity index (χ3n) is 2.05. The van der Waals surface area contributed by atoms with Crippen molar-refractivity contribution >= 4 is 0 Å². The molecule has 0 atom stereocenters. The molecule has 74 valence electrons. The van der Waals surface area contributed by atoms with E-state index in [-0.39, 0.29) is 6.61 Å². The normalized spacial score (nSPS) is 11.1. The van der Waals surface area contributed by atoms with Crippen LogP contribution in [0.15, 0.2) is 12.3 Å². The van der Waals surface area contributed by atoms with Crippen molar-refractivity contribution in [1.82, 2.24) is 14.7 Å². The Labute approximate surface area is 78.8 Å². The monoisotopic (exact) mass is 183 g/mol. The second-order valence-corrected chi connectivity index (χ2v) is 3.26. The molecule has 0 aliphatic rings. The number of hydrogen-bond donors (Lipinski definition) is 1. The average molecular weight is 183 g/mol. The summed E-state index contributed by atoms with van der Waals surface area (Å²) < 4.78 is 1.87. The molecule has 0 amide bonds. The first-order valence-corrected chi connectivity index (χ1v) is 4.50. The highest BCUT2D eigenvalue weighted by Gasteiger charge is 2.02. The summed E-state index contributed by atoms with van der Waals surface area (Å²) in [5, 5.41) is 12.7.